The number of nitrogens with zero attached hydrogens (tertiary/aromatic N) is 1. The Morgan fingerprint density at radius 2 is 1.79 bits per heavy atom. The number of para-hydroxylation sites is 1. The first kappa shape index (κ1) is 19.3. The SMILES string of the molecule is O=C(NCc1ccc(OCc2cccnc2)cc1)c1ccccc1OC(F)F. The van der Waals surface area contributed by atoms with Crippen molar-refractivity contribution in [1.82, 2.24) is 10.3 Å². The molecule has 5 nitrogen and oxygen atoms in total. The van der Waals surface area contributed by atoms with Crippen LogP contribution >= 0.6 is 0 Å². The summed E-state index contributed by atoms with van der Waals surface area (Å²) < 4.78 is 35.0. The lowest BCUT2D eigenvalue weighted by atomic mass is 10.1. The van der Waals surface area contributed by atoms with E-state index in [1.807, 2.05) is 24.3 Å². The van der Waals surface area contributed by atoms with Gasteiger partial charge >= 0.3 is 6.61 Å². The summed E-state index contributed by atoms with van der Waals surface area (Å²) in [6.45, 7) is -2.34. The third kappa shape index (κ3) is 5.51. The number of carbonyl (C=O) groups is 1. The fraction of sp³-hybridized carbons (Fsp3) is 0.143. The van der Waals surface area contributed by atoms with E-state index in [1.165, 1.54) is 18.2 Å². The summed E-state index contributed by atoms with van der Waals surface area (Å²) in [4.78, 5) is 16.3. The number of rotatable bonds is 8. The maximum atomic E-state index is 12.5. The molecule has 0 saturated heterocycles. The molecule has 0 bridgehead atoms. The quantitative estimate of drug-likeness (QED) is 0.633. The minimum absolute atomic E-state index is 0.0548. The van der Waals surface area contributed by atoms with Crippen LogP contribution in [0.3, 0.4) is 0 Å². The van der Waals surface area contributed by atoms with Crippen molar-refractivity contribution in [3.63, 3.8) is 0 Å². The highest BCUT2D eigenvalue weighted by atomic mass is 19.3. The maximum absolute atomic E-state index is 12.5. The van der Waals surface area contributed by atoms with Crippen molar-refractivity contribution < 1.29 is 23.0 Å². The second-order valence-electron chi connectivity index (χ2n) is 5.85. The number of hydrogen-bond donors (Lipinski definition) is 1. The van der Waals surface area contributed by atoms with Crippen molar-refractivity contribution in [2.24, 2.45) is 0 Å². The Morgan fingerprint density at radius 3 is 2.50 bits per heavy atom. The Hall–Kier alpha value is -3.48. The summed E-state index contributed by atoms with van der Waals surface area (Å²) in [6, 6.07) is 16.9. The van der Waals surface area contributed by atoms with Crippen molar-refractivity contribution in [3.05, 3.63) is 89.7 Å². The zero-order valence-electron chi connectivity index (χ0n) is 14.8. The molecule has 3 aromatic rings. The van der Waals surface area contributed by atoms with Crippen LogP contribution < -0.4 is 14.8 Å². The maximum Gasteiger partial charge on any atom is 0.387 e. The Labute approximate surface area is 160 Å². The summed E-state index contributed by atoms with van der Waals surface area (Å²) in [5.41, 5.74) is 1.86. The average Bonchev–Trinajstić information content (AvgIpc) is 2.72. The first-order valence-corrected chi connectivity index (χ1v) is 8.54. The van der Waals surface area contributed by atoms with E-state index in [2.05, 4.69) is 15.0 Å². The molecule has 7 heteroatoms. The number of carbonyl (C=O) groups excluding carboxylic acids is 1. The molecule has 0 spiro atoms. The van der Waals surface area contributed by atoms with E-state index in [4.69, 9.17) is 4.74 Å². The van der Waals surface area contributed by atoms with Gasteiger partial charge in [0.1, 0.15) is 18.1 Å². The van der Waals surface area contributed by atoms with Crippen molar-refractivity contribution in [3.8, 4) is 11.5 Å². The molecule has 1 heterocycles. The van der Waals surface area contributed by atoms with Gasteiger partial charge in [-0.3, -0.25) is 9.78 Å². The van der Waals surface area contributed by atoms with Gasteiger partial charge in [0.25, 0.3) is 5.91 Å². The van der Waals surface area contributed by atoms with Crippen LogP contribution in [-0.2, 0) is 13.2 Å². The molecule has 0 radical (unpaired) electrons. The minimum atomic E-state index is -2.99. The van der Waals surface area contributed by atoms with E-state index in [9.17, 15) is 13.6 Å². The Balaban J connectivity index is 1.54. The normalized spacial score (nSPS) is 10.5. The van der Waals surface area contributed by atoms with Crippen LogP contribution in [0.5, 0.6) is 11.5 Å². The van der Waals surface area contributed by atoms with Gasteiger partial charge in [-0.2, -0.15) is 8.78 Å². The molecule has 0 aliphatic rings. The second kappa shape index (κ2) is 9.45. The van der Waals surface area contributed by atoms with E-state index in [1.54, 1.807) is 30.6 Å². The standard InChI is InChI=1S/C21H18F2N2O3/c22-21(23)28-19-6-2-1-5-18(19)20(26)25-13-15-7-9-17(10-8-15)27-14-16-4-3-11-24-12-16/h1-12,21H,13-14H2,(H,25,26). The van der Waals surface area contributed by atoms with Gasteiger partial charge in [0.05, 0.1) is 5.56 Å². The zero-order valence-corrected chi connectivity index (χ0v) is 14.8. The number of ether oxygens (including phenoxy) is 2. The third-order valence-electron chi connectivity index (χ3n) is 3.85. The van der Waals surface area contributed by atoms with Crippen LogP contribution in [0.15, 0.2) is 73.1 Å². The topological polar surface area (TPSA) is 60.5 Å². The number of aromatic nitrogens is 1. The lowest BCUT2D eigenvalue weighted by Gasteiger charge is -2.11. The fourth-order valence-corrected chi connectivity index (χ4v) is 2.48. The van der Waals surface area contributed by atoms with Crippen LogP contribution in [-0.4, -0.2) is 17.5 Å². The predicted octanol–water partition coefficient (Wildman–Crippen LogP) is 4.19. The third-order valence-corrected chi connectivity index (χ3v) is 3.85. The van der Waals surface area contributed by atoms with E-state index in [-0.39, 0.29) is 17.9 Å². The number of pyridine rings is 1. The molecule has 0 fully saturated rings. The molecule has 0 atom stereocenters. The minimum Gasteiger partial charge on any atom is -0.489 e. The van der Waals surface area contributed by atoms with Gasteiger partial charge in [-0.15, -0.1) is 0 Å². The van der Waals surface area contributed by atoms with Gasteiger partial charge < -0.3 is 14.8 Å². The zero-order chi connectivity index (χ0) is 19.8. The van der Waals surface area contributed by atoms with Crippen LogP contribution in [0.2, 0.25) is 0 Å². The smallest absolute Gasteiger partial charge is 0.387 e. The van der Waals surface area contributed by atoms with Gasteiger partial charge in [-0.1, -0.05) is 30.3 Å². The molecular weight excluding hydrogens is 366 g/mol. The van der Waals surface area contributed by atoms with E-state index < -0.39 is 12.5 Å². The summed E-state index contributed by atoms with van der Waals surface area (Å²) in [7, 11) is 0. The Morgan fingerprint density at radius 1 is 1.00 bits per heavy atom. The predicted molar refractivity (Wildman–Crippen MR) is 99.3 cm³/mol. The molecule has 0 unspecified atom stereocenters. The number of nitrogens with one attached hydrogen (secondary N) is 1. The van der Waals surface area contributed by atoms with Crippen molar-refractivity contribution in [1.29, 1.82) is 0 Å². The molecule has 3 rings (SSSR count). The lowest BCUT2D eigenvalue weighted by molar-refractivity contribution is -0.0501. The number of benzene rings is 2. The fourth-order valence-electron chi connectivity index (χ4n) is 2.48. The van der Waals surface area contributed by atoms with Crippen LogP contribution in [0.25, 0.3) is 0 Å². The molecular formula is C21H18F2N2O3. The van der Waals surface area contributed by atoms with E-state index >= 15 is 0 Å². The lowest BCUT2D eigenvalue weighted by Crippen LogP contribution is -2.23. The number of halogens is 2. The first-order valence-electron chi connectivity index (χ1n) is 8.54. The van der Waals surface area contributed by atoms with Crippen molar-refractivity contribution in [2.45, 2.75) is 19.8 Å². The van der Waals surface area contributed by atoms with Gasteiger partial charge in [-0.05, 0) is 35.9 Å². The average molecular weight is 384 g/mol. The molecule has 28 heavy (non-hydrogen) atoms. The molecule has 1 N–H and O–H groups in total. The van der Waals surface area contributed by atoms with Crippen molar-refractivity contribution >= 4 is 5.91 Å². The summed E-state index contributed by atoms with van der Waals surface area (Å²) in [5.74, 6) is 0.0388. The highest BCUT2D eigenvalue weighted by molar-refractivity contribution is 5.96. The number of hydrogen-bond acceptors (Lipinski definition) is 4. The molecule has 2 aromatic carbocycles. The summed E-state index contributed by atoms with van der Waals surface area (Å²) >= 11 is 0. The highest BCUT2D eigenvalue weighted by Gasteiger charge is 2.15. The van der Waals surface area contributed by atoms with Crippen LogP contribution in [0.1, 0.15) is 21.5 Å². The van der Waals surface area contributed by atoms with E-state index in [0.29, 0.717) is 12.4 Å². The molecule has 1 aromatic heterocycles. The molecule has 0 saturated carbocycles. The Bertz CT molecular complexity index is 903. The summed E-state index contributed by atoms with van der Waals surface area (Å²) in [5, 5.41) is 2.69. The van der Waals surface area contributed by atoms with Crippen LogP contribution in [0.4, 0.5) is 8.78 Å². The number of alkyl halides is 2. The van der Waals surface area contributed by atoms with Crippen LogP contribution in [0, 0.1) is 0 Å². The molecule has 1 amide bonds. The second-order valence-corrected chi connectivity index (χ2v) is 5.85. The molecule has 144 valence electrons. The van der Waals surface area contributed by atoms with E-state index in [0.717, 1.165) is 11.1 Å². The highest BCUT2D eigenvalue weighted by Crippen LogP contribution is 2.20. The van der Waals surface area contributed by atoms with Gasteiger partial charge in [0.15, 0.2) is 0 Å². The summed E-state index contributed by atoms with van der Waals surface area (Å²) in [6.07, 6.45) is 3.43. The molecule has 0 aliphatic heterocycles. The Kier molecular flexibility index (Phi) is 6.51. The van der Waals surface area contributed by atoms with Gasteiger partial charge in [-0.25, -0.2) is 0 Å². The monoisotopic (exact) mass is 384 g/mol. The van der Waals surface area contributed by atoms with Gasteiger partial charge in [0.2, 0.25) is 0 Å². The van der Waals surface area contributed by atoms with Crippen molar-refractivity contribution in [2.75, 3.05) is 0 Å². The molecule has 0 aliphatic carbocycles. The number of amides is 1. The van der Waals surface area contributed by atoms with Gasteiger partial charge in [0, 0.05) is 24.5 Å². The first-order chi connectivity index (χ1) is 13.6. The largest absolute Gasteiger partial charge is 0.489 e.